The van der Waals surface area contributed by atoms with Gasteiger partial charge in [0.05, 0.1) is 11.8 Å². The normalized spacial score (nSPS) is 15.0. The van der Waals surface area contributed by atoms with Crippen molar-refractivity contribution in [1.82, 2.24) is 4.90 Å². The number of ketones is 1. The van der Waals surface area contributed by atoms with E-state index in [0.717, 1.165) is 0 Å². The van der Waals surface area contributed by atoms with E-state index in [0.29, 0.717) is 42.6 Å². The van der Waals surface area contributed by atoms with Gasteiger partial charge in [-0.1, -0.05) is 30.3 Å². The Bertz CT molecular complexity index is 816. The Labute approximate surface area is 151 Å². The number of aryl methyl sites for hydroxylation is 1. The van der Waals surface area contributed by atoms with Crippen LogP contribution in [0, 0.1) is 12.8 Å². The van der Waals surface area contributed by atoms with Crippen LogP contribution in [0.3, 0.4) is 0 Å². The van der Waals surface area contributed by atoms with Gasteiger partial charge >= 0.3 is 5.97 Å². The summed E-state index contributed by atoms with van der Waals surface area (Å²) in [6, 6.07) is 9.19. The Morgan fingerprint density at radius 2 is 1.81 bits per heavy atom. The zero-order valence-electron chi connectivity index (χ0n) is 14.6. The SMILES string of the molecule is Cc1coc(CC(=O)O)c1C(=O)N1CCC(C(=O)c2ccccc2)CC1. The third kappa shape index (κ3) is 3.69. The van der Waals surface area contributed by atoms with E-state index in [1.807, 2.05) is 30.3 Å². The fourth-order valence-corrected chi connectivity index (χ4v) is 3.39. The number of hydrogen-bond acceptors (Lipinski definition) is 4. The minimum Gasteiger partial charge on any atom is -0.481 e. The summed E-state index contributed by atoms with van der Waals surface area (Å²) in [6.45, 7) is 2.67. The number of likely N-dealkylation sites (tertiary alicyclic amines) is 1. The minimum atomic E-state index is -1.04. The van der Waals surface area contributed by atoms with Crippen molar-refractivity contribution in [3.63, 3.8) is 0 Å². The van der Waals surface area contributed by atoms with Crippen LogP contribution in [-0.4, -0.2) is 40.8 Å². The summed E-state index contributed by atoms with van der Waals surface area (Å²) in [5.41, 5.74) is 1.67. The van der Waals surface area contributed by atoms with Gasteiger partial charge in [-0.15, -0.1) is 0 Å². The first kappa shape index (κ1) is 17.9. The molecule has 0 atom stereocenters. The summed E-state index contributed by atoms with van der Waals surface area (Å²) >= 11 is 0. The van der Waals surface area contributed by atoms with Crippen molar-refractivity contribution < 1.29 is 23.9 Å². The second-order valence-electron chi connectivity index (χ2n) is 6.58. The van der Waals surface area contributed by atoms with Crippen LogP contribution in [-0.2, 0) is 11.2 Å². The second kappa shape index (κ2) is 7.56. The number of benzene rings is 1. The Kier molecular flexibility index (Phi) is 5.21. The summed E-state index contributed by atoms with van der Waals surface area (Å²) in [6.07, 6.45) is 2.30. The smallest absolute Gasteiger partial charge is 0.311 e. The molecule has 1 saturated heterocycles. The lowest BCUT2D eigenvalue weighted by Crippen LogP contribution is -2.40. The van der Waals surface area contributed by atoms with Crippen molar-refractivity contribution in [2.24, 2.45) is 5.92 Å². The first-order valence-corrected chi connectivity index (χ1v) is 8.64. The lowest BCUT2D eigenvalue weighted by molar-refractivity contribution is -0.136. The van der Waals surface area contributed by atoms with Crippen LogP contribution in [0.2, 0.25) is 0 Å². The molecule has 0 bridgehead atoms. The van der Waals surface area contributed by atoms with Gasteiger partial charge in [0.1, 0.15) is 12.2 Å². The molecule has 1 amide bonds. The third-order valence-electron chi connectivity index (χ3n) is 4.79. The molecule has 1 fully saturated rings. The first-order valence-electron chi connectivity index (χ1n) is 8.64. The molecule has 136 valence electrons. The van der Waals surface area contributed by atoms with Crippen LogP contribution in [0.25, 0.3) is 0 Å². The van der Waals surface area contributed by atoms with Crippen molar-refractivity contribution in [3.05, 3.63) is 59.0 Å². The molecule has 26 heavy (non-hydrogen) atoms. The van der Waals surface area contributed by atoms with Crippen molar-refractivity contribution in [2.45, 2.75) is 26.2 Å². The average molecular weight is 355 g/mol. The molecule has 2 aromatic rings. The molecule has 1 aliphatic heterocycles. The van der Waals surface area contributed by atoms with Gasteiger partial charge < -0.3 is 14.4 Å². The highest BCUT2D eigenvalue weighted by atomic mass is 16.4. The van der Waals surface area contributed by atoms with Crippen LogP contribution < -0.4 is 0 Å². The number of Topliss-reactive ketones (excluding diaryl/α,β-unsaturated/α-hetero) is 1. The number of carbonyl (C=O) groups is 3. The van der Waals surface area contributed by atoms with Gasteiger partial charge in [-0.25, -0.2) is 0 Å². The number of rotatable bonds is 5. The number of carboxylic acid groups (broad SMARTS) is 1. The zero-order valence-corrected chi connectivity index (χ0v) is 14.6. The highest BCUT2D eigenvalue weighted by molar-refractivity contribution is 5.99. The molecule has 1 N–H and O–H groups in total. The van der Waals surface area contributed by atoms with E-state index in [-0.39, 0.29) is 29.8 Å². The number of amides is 1. The summed E-state index contributed by atoms with van der Waals surface area (Å²) in [7, 11) is 0. The molecule has 2 heterocycles. The van der Waals surface area contributed by atoms with Crippen LogP contribution in [0.5, 0.6) is 0 Å². The lowest BCUT2D eigenvalue weighted by atomic mass is 9.88. The maximum Gasteiger partial charge on any atom is 0.311 e. The van der Waals surface area contributed by atoms with E-state index in [1.54, 1.807) is 11.8 Å². The van der Waals surface area contributed by atoms with Gasteiger partial charge in [-0.05, 0) is 19.8 Å². The predicted octanol–water partition coefficient (Wildman–Crippen LogP) is 2.95. The van der Waals surface area contributed by atoms with E-state index >= 15 is 0 Å². The van der Waals surface area contributed by atoms with Gasteiger partial charge in [0.25, 0.3) is 5.91 Å². The van der Waals surface area contributed by atoms with Crippen molar-refractivity contribution in [1.29, 1.82) is 0 Å². The quantitative estimate of drug-likeness (QED) is 0.833. The van der Waals surface area contributed by atoms with E-state index in [4.69, 9.17) is 9.52 Å². The zero-order chi connectivity index (χ0) is 18.7. The van der Waals surface area contributed by atoms with Gasteiger partial charge in [0.15, 0.2) is 5.78 Å². The summed E-state index contributed by atoms with van der Waals surface area (Å²) in [5, 5.41) is 8.97. The van der Waals surface area contributed by atoms with Crippen LogP contribution in [0.15, 0.2) is 41.0 Å². The molecule has 1 aromatic heterocycles. The van der Waals surface area contributed by atoms with E-state index in [1.165, 1.54) is 6.26 Å². The molecule has 1 aliphatic rings. The molecule has 0 saturated carbocycles. The number of furan rings is 1. The van der Waals surface area contributed by atoms with Crippen molar-refractivity contribution >= 4 is 17.7 Å². The predicted molar refractivity (Wildman–Crippen MR) is 94.2 cm³/mol. The molecular formula is C20H21NO5. The van der Waals surface area contributed by atoms with Crippen LogP contribution >= 0.6 is 0 Å². The fraction of sp³-hybridized carbons (Fsp3) is 0.350. The third-order valence-corrected chi connectivity index (χ3v) is 4.79. The second-order valence-corrected chi connectivity index (χ2v) is 6.58. The van der Waals surface area contributed by atoms with Crippen LogP contribution in [0.1, 0.15) is 44.9 Å². The topological polar surface area (TPSA) is 87.8 Å². The number of carboxylic acids is 1. The highest BCUT2D eigenvalue weighted by Gasteiger charge is 2.31. The van der Waals surface area contributed by atoms with Crippen molar-refractivity contribution in [2.75, 3.05) is 13.1 Å². The van der Waals surface area contributed by atoms with E-state index in [9.17, 15) is 14.4 Å². The molecule has 0 radical (unpaired) electrons. The first-order chi connectivity index (χ1) is 12.5. The van der Waals surface area contributed by atoms with E-state index in [2.05, 4.69) is 0 Å². The molecular weight excluding hydrogens is 334 g/mol. The Balaban J connectivity index is 1.67. The highest BCUT2D eigenvalue weighted by Crippen LogP contribution is 2.25. The standard InChI is InChI=1S/C20H21NO5/c1-13-12-26-16(11-17(22)23)18(13)20(25)21-9-7-15(8-10-21)19(24)14-5-3-2-4-6-14/h2-6,12,15H,7-11H2,1H3,(H,22,23). The van der Waals surface area contributed by atoms with Gasteiger partial charge in [0, 0.05) is 30.1 Å². The Morgan fingerprint density at radius 1 is 1.15 bits per heavy atom. The van der Waals surface area contributed by atoms with Crippen molar-refractivity contribution in [3.8, 4) is 0 Å². The average Bonchev–Trinajstić information content (AvgIpc) is 3.01. The number of hydrogen-bond donors (Lipinski definition) is 1. The fourth-order valence-electron chi connectivity index (χ4n) is 3.39. The Hall–Kier alpha value is -2.89. The monoisotopic (exact) mass is 355 g/mol. The number of piperidine rings is 1. The molecule has 0 aliphatic carbocycles. The maximum atomic E-state index is 12.8. The molecule has 0 spiro atoms. The number of carbonyl (C=O) groups excluding carboxylic acids is 2. The largest absolute Gasteiger partial charge is 0.481 e. The number of aliphatic carboxylic acids is 1. The summed E-state index contributed by atoms with van der Waals surface area (Å²) in [5.74, 6) is -1.06. The maximum absolute atomic E-state index is 12.8. The summed E-state index contributed by atoms with van der Waals surface area (Å²) in [4.78, 5) is 38.0. The lowest BCUT2D eigenvalue weighted by Gasteiger charge is -2.31. The molecule has 1 aromatic carbocycles. The molecule has 0 unspecified atom stereocenters. The number of nitrogens with zero attached hydrogens (tertiary/aromatic N) is 1. The Morgan fingerprint density at radius 3 is 2.42 bits per heavy atom. The van der Waals surface area contributed by atoms with Gasteiger partial charge in [-0.2, -0.15) is 0 Å². The van der Waals surface area contributed by atoms with Gasteiger partial charge in [0.2, 0.25) is 0 Å². The summed E-state index contributed by atoms with van der Waals surface area (Å²) < 4.78 is 5.25. The van der Waals surface area contributed by atoms with E-state index < -0.39 is 5.97 Å². The van der Waals surface area contributed by atoms with Crippen LogP contribution in [0.4, 0.5) is 0 Å². The minimum absolute atomic E-state index is 0.0922. The molecule has 6 nitrogen and oxygen atoms in total. The molecule has 6 heteroatoms. The molecule has 3 rings (SSSR count). The van der Waals surface area contributed by atoms with Gasteiger partial charge in [-0.3, -0.25) is 14.4 Å².